The van der Waals surface area contributed by atoms with Gasteiger partial charge in [0.25, 0.3) is 0 Å². The van der Waals surface area contributed by atoms with Crippen molar-refractivity contribution in [2.24, 2.45) is 11.8 Å². The summed E-state index contributed by atoms with van der Waals surface area (Å²) in [4.78, 5) is 5.27. The molecule has 1 saturated carbocycles. The van der Waals surface area contributed by atoms with E-state index in [1.54, 1.807) is 0 Å². The van der Waals surface area contributed by atoms with Gasteiger partial charge in [-0.15, -0.1) is 0 Å². The van der Waals surface area contributed by atoms with Crippen molar-refractivity contribution in [2.75, 3.05) is 39.8 Å². The molecule has 0 amide bonds. The van der Waals surface area contributed by atoms with Crippen LogP contribution in [0.25, 0.3) is 0 Å². The number of likely N-dealkylation sites (N-methyl/N-ethyl adjacent to an activating group) is 2. The summed E-state index contributed by atoms with van der Waals surface area (Å²) in [6, 6.07) is 1.38. The lowest BCUT2D eigenvalue weighted by Crippen LogP contribution is -2.56. The third-order valence-corrected chi connectivity index (χ3v) is 5.44. The van der Waals surface area contributed by atoms with Gasteiger partial charge in [-0.05, 0) is 70.9 Å². The second kappa shape index (κ2) is 9.81. The molecular formula is C18H39N3. The minimum atomic E-state index is 0.664. The van der Waals surface area contributed by atoms with Gasteiger partial charge in [0.05, 0.1) is 0 Å². The first-order valence-corrected chi connectivity index (χ1v) is 9.20. The van der Waals surface area contributed by atoms with Crippen LogP contribution in [0.2, 0.25) is 0 Å². The molecule has 0 saturated heterocycles. The van der Waals surface area contributed by atoms with Crippen LogP contribution in [-0.2, 0) is 0 Å². The van der Waals surface area contributed by atoms with E-state index in [-0.39, 0.29) is 0 Å². The van der Waals surface area contributed by atoms with Crippen molar-refractivity contribution in [3.8, 4) is 0 Å². The van der Waals surface area contributed by atoms with Crippen molar-refractivity contribution in [1.82, 2.24) is 15.1 Å². The quantitative estimate of drug-likeness (QED) is 0.705. The summed E-state index contributed by atoms with van der Waals surface area (Å²) in [6.45, 7) is 17.8. The maximum Gasteiger partial charge on any atom is 0.0274 e. The molecule has 1 N–H and O–H groups in total. The van der Waals surface area contributed by atoms with E-state index in [2.05, 4.69) is 56.8 Å². The van der Waals surface area contributed by atoms with E-state index in [1.807, 2.05) is 0 Å². The maximum absolute atomic E-state index is 3.60. The van der Waals surface area contributed by atoms with Gasteiger partial charge in [-0.2, -0.15) is 0 Å². The lowest BCUT2D eigenvalue weighted by atomic mass is 9.76. The first-order valence-electron chi connectivity index (χ1n) is 9.20. The molecule has 0 aromatic heterocycles. The van der Waals surface area contributed by atoms with E-state index in [1.165, 1.54) is 52.0 Å². The molecule has 0 spiro atoms. The molecule has 4 atom stereocenters. The summed E-state index contributed by atoms with van der Waals surface area (Å²) >= 11 is 0. The molecular weight excluding hydrogens is 258 g/mol. The van der Waals surface area contributed by atoms with Gasteiger partial charge in [0.15, 0.2) is 0 Å². The van der Waals surface area contributed by atoms with Crippen LogP contribution in [-0.4, -0.2) is 61.7 Å². The molecule has 3 heteroatoms. The standard InChI is InChI=1S/C18H39N3/c1-7-20(8-2)11-10-12-21(9-3)18-16(5)13-15(4)14-17(18)19-6/h15-19H,7-14H2,1-6H3. The van der Waals surface area contributed by atoms with E-state index in [0.717, 1.165) is 11.8 Å². The molecule has 4 unspecified atom stereocenters. The van der Waals surface area contributed by atoms with E-state index in [4.69, 9.17) is 0 Å². The van der Waals surface area contributed by atoms with Crippen LogP contribution >= 0.6 is 0 Å². The largest absolute Gasteiger partial charge is 0.315 e. The zero-order valence-electron chi connectivity index (χ0n) is 15.4. The van der Waals surface area contributed by atoms with Gasteiger partial charge < -0.3 is 10.2 Å². The van der Waals surface area contributed by atoms with E-state index in [0.29, 0.717) is 12.1 Å². The number of nitrogens with one attached hydrogen (secondary N) is 1. The fourth-order valence-corrected chi connectivity index (χ4v) is 4.30. The Kier molecular flexibility index (Phi) is 8.84. The van der Waals surface area contributed by atoms with Crippen molar-refractivity contribution < 1.29 is 0 Å². The highest BCUT2D eigenvalue weighted by molar-refractivity contribution is 4.93. The molecule has 0 aromatic rings. The van der Waals surface area contributed by atoms with Crippen molar-refractivity contribution in [1.29, 1.82) is 0 Å². The first-order chi connectivity index (χ1) is 10.1. The summed E-state index contributed by atoms with van der Waals surface area (Å²) in [5.74, 6) is 1.67. The van der Waals surface area contributed by atoms with Crippen LogP contribution in [0, 0.1) is 11.8 Å². The van der Waals surface area contributed by atoms with Crippen LogP contribution < -0.4 is 5.32 Å². The average molecular weight is 298 g/mol. The minimum absolute atomic E-state index is 0.664. The van der Waals surface area contributed by atoms with Crippen molar-refractivity contribution in [3.05, 3.63) is 0 Å². The highest BCUT2D eigenvalue weighted by Gasteiger charge is 2.36. The van der Waals surface area contributed by atoms with Gasteiger partial charge in [0.1, 0.15) is 0 Å². The van der Waals surface area contributed by atoms with Gasteiger partial charge in [0, 0.05) is 12.1 Å². The minimum Gasteiger partial charge on any atom is -0.315 e. The second-order valence-electron chi connectivity index (χ2n) is 6.95. The SMILES string of the molecule is CCN(CC)CCCN(CC)C1C(C)CC(C)CC1NC. The Morgan fingerprint density at radius 1 is 0.952 bits per heavy atom. The lowest BCUT2D eigenvalue weighted by Gasteiger charge is -2.45. The van der Waals surface area contributed by atoms with E-state index >= 15 is 0 Å². The van der Waals surface area contributed by atoms with Crippen molar-refractivity contribution >= 4 is 0 Å². The van der Waals surface area contributed by atoms with Gasteiger partial charge in [-0.25, -0.2) is 0 Å². The van der Waals surface area contributed by atoms with Crippen LogP contribution in [0.1, 0.15) is 53.9 Å². The molecule has 1 rings (SSSR count). The molecule has 1 aliphatic rings. The van der Waals surface area contributed by atoms with Crippen molar-refractivity contribution in [2.45, 2.75) is 66.0 Å². The monoisotopic (exact) mass is 297 g/mol. The molecule has 1 aliphatic carbocycles. The average Bonchev–Trinajstić information content (AvgIpc) is 2.48. The molecule has 126 valence electrons. The highest BCUT2D eigenvalue weighted by Crippen LogP contribution is 2.32. The molecule has 0 radical (unpaired) electrons. The number of hydrogen-bond donors (Lipinski definition) is 1. The van der Waals surface area contributed by atoms with E-state index < -0.39 is 0 Å². The zero-order chi connectivity index (χ0) is 15.8. The molecule has 3 nitrogen and oxygen atoms in total. The Bertz CT molecular complexity index is 265. The Morgan fingerprint density at radius 2 is 1.62 bits per heavy atom. The summed E-state index contributed by atoms with van der Waals surface area (Å²) in [5, 5.41) is 3.60. The Morgan fingerprint density at radius 3 is 2.14 bits per heavy atom. The third kappa shape index (κ3) is 5.54. The van der Waals surface area contributed by atoms with Gasteiger partial charge in [-0.3, -0.25) is 4.90 Å². The molecule has 0 aromatic carbocycles. The second-order valence-corrected chi connectivity index (χ2v) is 6.95. The number of rotatable bonds is 9. The fourth-order valence-electron chi connectivity index (χ4n) is 4.30. The highest BCUT2D eigenvalue weighted by atomic mass is 15.2. The summed E-state index contributed by atoms with van der Waals surface area (Å²) in [7, 11) is 2.15. The molecule has 1 fully saturated rings. The summed E-state index contributed by atoms with van der Waals surface area (Å²) in [5.41, 5.74) is 0. The van der Waals surface area contributed by atoms with Crippen LogP contribution in [0.4, 0.5) is 0 Å². The molecule has 21 heavy (non-hydrogen) atoms. The van der Waals surface area contributed by atoms with E-state index in [9.17, 15) is 0 Å². The summed E-state index contributed by atoms with van der Waals surface area (Å²) in [6.07, 6.45) is 4.01. The first kappa shape index (κ1) is 18.9. The predicted molar refractivity (Wildman–Crippen MR) is 93.8 cm³/mol. The number of hydrogen-bond acceptors (Lipinski definition) is 3. The smallest absolute Gasteiger partial charge is 0.0274 e. The Hall–Kier alpha value is -0.120. The molecule has 0 bridgehead atoms. The lowest BCUT2D eigenvalue weighted by molar-refractivity contribution is 0.0647. The third-order valence-electron chi connectivity index (χ3n) is 5.44. The van der Waals surface area contributed by atoms with Gasteiger partial charge in [-0.1, -0.05) is 34.6 Å². The molecule has 0 heterocycles. The molecule has 0 aliphatic heterocycles. The van der Waals surface area contributed by atoms with Crippen LogP contribution in [0.15, 0.2) is 0 Å². The number of nitrogens with zero attached hydrogens (tertiary/aromatic N) is 2. The maximum atomic E-state index is 3.60. The zero-order valence-corrected chi connectivity index (χ0v) is 15.4. The van der Waals surface area contributed by atoms with Gasteiger partial charge in [0.2, 0.25) is 0 Å². The van der Waals surface area contributed by atoms with Crippen LogP contribution in [0.3, 0.4) is 0 Å². The Labute approximate surface area is 133 Å². The van der Waals surface area contributed by atoms with Crippen molar-refractivity contribution in [3.63, 3.8) is 0 Å². The summed E-state index contributed by atoms with van der Waals surface area (Å²) < 4.78 is 0. The van der Waals surface area contributed by atoms with Crippen LogP contribution in [0.5, 0.6) is 0 Å². The fraction of sp³-hybridized carbons (Fsp3) is 1.00. The topological polar surface area (TPSA) is 18.5 Å². The normalized spacial score (nSPS) is 30.3. The Balaban J connectivity index is 2.56. The predicted octanol–water partition coefficient (Wildman–Crippen LogP) is 3.06. The van der Waals surface area contributed by atoms with Gasteiger partial charge >= 0.3 is 0 Å².